The van der Waals surface area contributed by atoms with Gasteiger partial charge in [0.2, 0.25) is 10.0 Å². The molecular weight excluding hydrogens is 276 g/mol. The van der Waals surface area contributed by atoms with Crippen LogP contribution in [0, 0.1) is 0 Å². The van der Waals surface area contributed by atoms with E-state index in [1.165, 1.54) is 0 Å². The van der Waals surface area contributed by atoms with Gasteiger partial charge in [-0.2, -0.15) is 4.31 Å². The summed E-state index contributed by atoms with van der Waals surface area (Å²) in [5.74, 6) is 0.711. The number of benzene rings is 1. The molecule has 0 saturated carbocycles. The molecule has 5 nitrogen and oxygen atoms in total. The van der Waals surface area contributed by atoms with Crippen LogP contribution in [0.25, 0.3) is 0 Å². The fourth-order valence-corrected chi connectivity index (χ4v) is 3.62. The van der Waals surface area contributed by atoms with E-state index in [4.69, 9.17) is 4.74 Å². The molecule has 1 N–H and O–H groups in total. The molecular formula is C14H22N2O3S. The lowest BCUT2D eigenvalue weighted by Crippen LogP contribution is -2.34. The predicted octanol–water partition coefficient (Wildman–Crippen LogP) is 1.46. The van der Waals surface area contributed by atoms with Crippen LogP contribution in [0.3, 0.4) is 0 Å². The third-order valence-electron chi connectivity index (χ3n) is 3.23. The molecule has 0 atom stereocenters. The Morgan fingerprint density at radius 1 is 1.20 bits per heavy atom. The molecule has 1 fully saturated rings. The number of nitrogens with one attached hydrogen (secondary N) is 1. The molecule has 6 heteroatoms. The molecule has 1 saturated heterocycles. The zero-order valence-electron chi connectivity index (χ0n) is 11.8. The lowest BCUT2D eigenvalue weighted by Gasteiger charge is -2.19. The Balaban J connectivity index is 2.12. The van der Waals surface area contributed by atoms with Gasteiger partial charge in [-0.1, -0.05) is 6.92 Å². The van der Waals surface area contributed by atoms with E-state index >= 15 is 0 Å². The number of ether oxygens (including phenoxy) is 1. The van der Waals surface area contributed by atoms with E-state index in [9.17, 15) is 8.42 Å². The number of sulfonamides is 1. The van der Waals surface area contributed by atoms with E-state index in [1.807, 2.05) is 6.92 Å². The summed E-state index contributed by atoms with van der Waals surface area (Å²) in [6.07, 6.45) is 1.78. The number of hydrogen-bond donors (Lipinski definition) is 1. The summed E-state index contributed by atoms with van der Waals surface area (Å²) in [6.45, 7) is 5.35. The van der Waals surface area contributed by atoms with Gasteiger partial charge >= 0.3 is 0 Å². The molecule has 0 radical (unpaired) electrons. The van der Waals surface area contributed by atoms with Crippen LogP contribution in [0.15, 0.2) is 29.2 Å². The minimum Gasteiger partial charge on any atom is -0.494 e. The standard InChI is InChI=1S/C14H22N2O3S/c1-2-12-19-13-4-6-14(7-5-13)20(17,18)16-10-3-8-15-9-11-16/h4-7,15H,2-3,8-12H2,1H3. The number of nitrogens with zero attached hydrogens (tertiary/aromatic N) is 1. The molecule has 0 bridgehead atoms. The van der Waals surface area contributed by atoms with Crippen LogP contribution < -0.4 is 10.1 Å². The highest BCUT2D eigenvalue weighted by Gasteiger charge is 2.24. The third-order valence-corrected chi connectivity index (χ3v) is 5.15. The van der Waals surface area contributed by atoms with Crippen LogP contribution >= 0.6 is 0 Å². The van der Waals surface area contributed by atoms with Crippen molar-refractivity contribution in [2.24, 2.45) is 0 Å². The summed E-state index contributed by atoms with van der Waals surface area (Å²) in [5.41, 5.74) is 0. The Bertz CT molecular complexity index is 506. The first-order chi connectivity index (χ1) is 9.64. The predicted molar refractivity (Wildman–Crippen MR) is 78.5 cm³/mol. The monoisotopic (exact) mass is 298 g/mol. The number of hydrogen-bond acceptors (Lipinski definition) is 4. The van der Waals surface area contributed by atoms with Gasteiger partial charge in [-0.25, -0.2) is 8.42 Å². The summed E-state index contributed by atoms with van der Waals surface area (Å²) in [6, 6.07) is 6.69. The lowest BCUT2D eigenvalue weighted by atomic mass is 10.3. The molecule has 2 rings (SSSR count). The van der Waals surface area contributed by atoms with Gasteiger partial charge in [0, 0.05) is 19.6 Å². The summed E-state index contributed by atoms with van der Waals surface area (Å²) in [7, 11) is -3.38. The summed E-state index contributed by atoms with van der Waals surface area (Å²) in [5, 5.41) is 3.21. The van der Waals surface area contributed by atoms with Gasteiger partial charge in [-0.15, -0.1) is 0 Å². The average Bonchev–Trinajstić information content (AvgIpc) is 2.75. The minimum absolute atomic E-state index is 0.336. The van der Waals surface area contributed by atoms with Crippen molar-refractivity contribution in [3.05, 3.63) is 24.3 Å². The van der Waals surface area contributed by atoms with E-state index < -0.39 is 10.0 Å². The van der Waals surface area contributed by atoms with Crippen molar-refractivity contribution in [1.29, 1.82) is 0 Å². The largest absolute Gasteiger partial charge is 0.494 e. The highest BCUT2D eigenvalue weighted by molar-refractivity contribution is 7.89. The van der Waals surface area contributed by atoms with E-state index in [-0.39, 0.29) is 0 Å². The molecule has 1 aliphatic rings. The van der Waals surface area contributed by atoms with Crippen LogP contribution in [0.4, 0.5) is 0 Å². The molecule has 112 valence electrons. The molecule has 0 aromatic heterocycles. The fourth-order valence-electron chi connectivity index (χ4n) is 2.14. The van der Waals surface area contributed by atoms with Crippen molar-refractivity contribution >= 4 is 10.0 Å². The Morgan fingerprint density at radius 3 is 2.65 bits per heavy atom. The topological polar surface area (TPSA) is 58.6 Å². The van der Waals surface area contributed by atoms with E-state index in [1.54, 1.807) is 28.6 Å². The molecule has 0 unspecified atom stereocenters. The van der Waals surface area contributed by atoms with Crippen molar-refractivity contribution in [3.8, 4) is 5.75 Å². The molecule has 1 heterocycles. The third kappa shape index (κ3) is 3.71. The van der Waals surface area contributed by atoms with Gasteiger partial charge in [-0.05, 0) is 43.7 Å². The summed E-state index contributed by atoms with van der Waals surface area (Å²) in [4.78, 5) is 0.336. The maximum absolute atomic E-state index is 12.5. The Morgan fingerprint density at radius 2 is 1.95 bits per heavy atom. The summed E-state index contributed by atoms with van der Waals surface area (Å²) >= 11 is 0. The van der Waals surface area contributed by atoms with Crippen molar-refractivity contribution in [2.75, 3.05) is 32.8 Å². The maximum atomic E-state index is 12.5. The second-order valence-electron chi connectivity index (χ2n) is 4.83. The van der Waals surface area contributed by atoms with Gasteiger partial charge in [0.25, 0.3) is 0 Å². The van der Waals surface area contributed by atoms with Crippen LogP contribution in [-0.2, 0) is 10.0 Å². The van der Waals surface area contributed by atoms with Gasteiger partial charge < -0.3 is 10.1 Å². The lowest BCUT2D eigenvalue weighted by molar-refractivity contribution is 0.317. The smallest absolute Gasteiger partial charge is 0.243 e. The Labute approximate surface area is 121 Å². The molecule has 1 aromatic carbocycles. The van der Waals surface area contributed by atoms with E-state index in [2.05, 4.69) is 5.32 Å². The maximum Gasteiger partial charge on any atom is 0.243 e. The quantitative estimate of drug-likeness (QED) is 0.894. The van der Waals surface area contributed by atoms with Crippen LogP contribution in [-0.4, -0.2) is 45.5 Å². The van der Waals surface area contributed by atoms with E-state index in [0.717, 1.165) is 19.4 Å². The molecule has 20 heavy (non-hydrogen) atoms. The van der Waals surface area contributed by atoms with Crippen LogP contribution in [0.2, 0.25) is 0 Å². The highest BCUT2D eigenvalue weighted by Crippen LogP contribution is 2.20. The van der Waals surface area contributed by atoms with Crippen molar-refractivity contribution < 1.29 is 13.2 Å². The van der Waals surface area contributed by atoms with Gasteiger partial charge in [0.15, 0.2) is 0 Å². The van der Waals surface area contributed by atoms with Crippen LogP contribution in [0.1, 0.15) is 19.8 Å². The van der Waals surface area contributed by atoms with Crippen LogP contribution in [0.5, 0.6) is 5.75 Å². The average molecular weight is 298 g/mol. The van der Waals surface area contributed by atoms with Gasteiger partial charge in [0.05, 0.1) is 11.5 Å². The normalized spacial score (nSPS) is 17.6. The first-order valence-electron chi connectivity index (χ1n) is 7.08. The zero-order chi connectivity index (χ0) is 14.4. The van der Waals surface area contributed by atoms with E-state index in [0.29, 0.717) is 36.9 Å². The molecule has 0 amide bonds. The Hall–Kier alpha value is -1.11. The molecule has 0 spiro atoms. The second kappa shape index (κ2) is 7.06. The second-order valence-corrected chi connectivity index (χ2v) is 6.77. The first-order valence-corrected chi connectivity index (χ1v) is 8.52. The summed E-state index contributed by atoms with van der Waals surface area (Å²) < 4.78 is 32.1. The Kier molecular flexibility index (Phi) is 5.39. The molecule has 0 aliphatic carbocycles. The molecule has 1 aromatic rings. The van der Waals surface area contributed by atoms with Crippen molar-refractivity contribution in [3.63, 3.8) is 0 Å². The highest BCUT2D eigenvalue weighted by atomic mass is 32.2. The fraction of sp³-hybridized carbons (Fsp3) is 0.571. The first kappa shape index (κ1) is 15.3. The van der Waals surface area contributed by atoms with Gasteiger partial charge in [0.1, 0.15) is 5.75 Å². The minimum atomic E-state index is -3.38. The SMILES string of the molecule is CCCOc1ccc(S(=O)(=O)N2CCCNCC2)cc1. The number of rotatable bonds is 5. The molecule has 1 aliphatic heterocycles. The van der Waals surface area contributed by atoms with Gasteiger partial charge in [-0.3, -0.25) is 0 Å². The van der Waals surface area contributed by atoms with Crippen molar-refractivity contribution in [2.45, 2.75) is 24.7 Å². The van der Waals surface area contributed by atoms with Crippen molar-refractivity contribution in [1.82, 2.24) is 9.62 Å². The zero-order valence-corrected chi connectivity index (χ0v) is 12.7.